The maximum Gasteiger partial charge on any atom is 0.255 e. The molecule has 0 aliphatic carbocycles. The Bertz CT molecular complexity index is 872. The number of anilines is 1. The third-order valence-corrected chi connectivity index (χ3v) is 5.77. The van der Waals surface area contributed by atoms with E-state index >= 15 is 0 Å². The molecule has 1 amide bonds. The Morgan fingerprint density at radius 1 is 1.12 bits per heavy atom. The number of amides is 1. The van der Waals surface area contributed by atoms with Crippen LogP contribution in [0.2, 0.25) is 0 Å². The number of allylic oxidation sites excluding steroid dienone is 2. The molecule has 6 nitrogen and oxygen atoms in total. The highest BCUT2D eigenvalue weighted by molar-refractivity contribution is 6.09. The second kappa shape index (κ2) is 12.2. The lowest BCUT2D eigenvalue weighted by Crippen LogP contribution is -2.46. The molecule has 0 saturated carbocycles. The molecule has 0 unspecified atom stereocenters. The van der Waals surface area contributed by atoms with E-state index in [1.165, 1.54) is 11.3 Å². The molecule has 0 spiro atoms. The molecule has 1 N–H and O–H groups in total. The molecular formula is C26H39N5O. The summed E-state index contributed by atoms with van der Waals surface area (Å²) in [6, 6.07) is 5.73. The monoisotopic (exact) mass is 437 g/mol. The van der Waals surface area contributed by atoms with Crippen LogP contribution in [0.3, 0.4) is 0 Å². The van der Waals surface area contributed by atoms with E-state index in [-0.39, 0.29) is 5.91 Å². The fourth-order valence-electron chi connectivity index (χ4n) is 4.00. The molecule has 1 aromatic carbocycles. The lowest BCUT2D eigenvalue weighted by molar-refractivity contribution is 0.0828. The maximum atomic E-state index is 12.6. The number of aliphatic imine (C=N–C) groups is 1. The summed E-state index contributed by atoms with van der Waals surface area (Å²) in [5.74, 6) is -0.0472. The van der Waals surface area contributed by atoms with Crippen LogP contribution in [0.25, 0.3) is 0 Å². The van der Waals surface area contributed by atoms with Gasteiger partial charge >= 0.3 is 0 Å². The van der Waals surface area contributed by atoms with Gasteiger partial charge in [-0.3, -0.25) is 14.7 Å². The van der Waals surface area contributed by atoms with Crippen LogP contribution in [0.15, 0.2) is 59.9 Å². The summed E-state index contributed by atoms with van der Waals surface area (Å²) in [5.41, 5.74) is 6.00. The molecule has 0 aromatic heterocycles. The minimum absolute atomic E-state index is 0.0472. The van der Waals surface area contributed by atoms with Crippen molar-refractivity contribution in [3.63, 3.8) is 0 Å². The van der Waals surface area contributed by atoms with Gasteiger partial charge in [0.25, 0.3) is 5.91 Å². The van der Waals surface area contributed by atoms with Crippen LogP contribution in [0.1, 0.15) is 43.1 Å². The van der Waals surface area contributed by atoms with Crippen LogP contribution >= 0.6 is 0 Å². The molecule has 2 rings (SSSR count). The Hall–Kier alpha value is -2.86. The van der Waals surface area contributed by atoms with Gasteiger partial charge in [-0.15, -0.1) is 6.58 Å². The second-order valence-electron chi connectivity index (χ2n) is 8.51. The standard InChI is InChI=1S/C26H39N5O/c1-8-11-24(20(3)4)31-18-16-30(17-19-31)15-14-28-21(5)22-12-10-13-23(25(22)27-9-2)26(32)29(6)7/h8-10,12-13,27H,1-2,11,14-19H2,3-7H3. The van der Waals surface area contributed by atoms with Gasteiger partial charge in [-0.1, -0.05) is 30.4 Å². The van der Waals surface area contributed by atoms with Crippen molar-refractivity contribution in [2.75, 3.05) is 58.7 Å². The number of para-hydroxylation sites is 1. The van der Waals surface area contributed by atoms with Gasteiger partial charge in [0, 0.05) is 70.2 Å². The molecule has 32 heavy (non-hydrogen) atoms. The summed E-state index contributed by atoms with van der Waals surface area (Å²) < 4.78 is 0. The first-order valence-electron chi connectivity index (χ1n) is 11.3. The first-order valence-corrected chi connectivity index (χ1v) is 11.3. The summed E-state index contributed by atoms with van der Waals surface area (Å²) in [6.07, 6.45) is 4.52. The van der Waals surface area contributed by atoms with Gasteiger partial charge in [0.15, 0.2) is 0 Å². The predicted molar refractivity (Wildman–Crippen MR) is 137 cm³/mol. The molecule has 0 bridgehead atoms. The molecule has 1 aromatic rings. The van der Waals surface area contributed by atoms with Crippen molar-refractivity contribution in [3.8, 4) is 0 Å². The average Bonchev–Trinajstić information content (AvgIpc) is 2.77. The van der Waals surface area contributed by atoms with Crippen LogP contribution in [-0.4, -0.2) is 79.7 Å². The molecule has 1 saturated heterocycles. The van der Waals surface area contributed by atoms with Crippen molar-refractivity contribution in [2.24, 2.45) is 4.99 Å². The highest BCUT2D eigenvalue weighted by atomic mass is 16.2. The topological polar surface area (TPSA) is 51.2 Å². The van der Waals surface area contributed by atoms with Gasteiger partial charge in [0.05, 0.1) is 17.8 Å². The average molecular weight is 438 g/mol. The minimum atomic E-state index is -0.0472. The van der Waals surface area contributed by atoms with E-state index in [1.54, 1.807) is 25.2 Å². The van der Waals surface area contributed by atoms with Crippen LogP contribution in [-0.2, 0) is 0 Å². The van der Waals surface area contributed by atoms with E-state index in [2.05, 4.69) is 42.1 Å². The Kier molecular flexibility index (Phi) is 9.72. The number of rotatable bonds is 10. The molecular weight excluding hydrogens is 398 g/mol. The number of benzene rings is 1. The van der Waals surface area contributed by atoms with Crippen LogP contribution in [0, 0.1) is 0 Å². The van der Waals surface area contributed by atoms with E-state index < -0.39 is 0 Å². The predicted octanol–water partition coefficient (Wildman–Crippen LogP) is 4.24. The molecule has 6 heteroatoms. The van der Waals surface area contributed by atoms with Crippen LogP contribution < -0.4 is 5.32 Å². The van der Waals surface area contributed by atoms with Gasteiger partial charge in [-0.05, 0) is 33.0 Å². The third-order valence-electron chi connectivity index (χ3n) is 5.77. The lowest BCUT2D eigenvalue weighted by Gasteiger charge is -2.37. The van der Waals surface area contributed by atoms with E-state index in [0.29, 0.717) is 5.56 Å². The highest BCUT2D eigenvalue weighted by Gasteiger charge is 2.19. The van der Waals surface area contributed by atoms with Gasteiger partial charge in [-0.2, -0.15) is 0 Å². The normalized spacial score (nSPS) is 14.7. The number of nitrogens with zero attached hydrogens (tertiary/aromatic N) is 4. The zero-order valence-electron chi connectivity index (χ0n) is 20.4. The number of hydrogen-bond acceptors (Lipinski definition) is 5. The molecule has 174 valence electrons. The zero-order valence-corrected chi connectivity index (χ0v) is 20.4. The van der Waals surface area contributed by atoms with E-state index in [9.17, 15) is 4.79 Å². The highest BCUT2D eigenvalue weighted by Crippen LogP contribution is 2.24. The van der Waals surface area contributed by atoms with Crippen molar-refractivity contribution in [3.05, 3.63) is 66.0 Å². The number of piperazine rings is 1. The van der Waals surface area contributed by atoms with Crippen LogP contribution in [0.5, 0.6) is 0 Å². The Morgan fingerprint density at radius 3 is 2.34 bits per heavy atom. The SMILES string of the molecule is C=CCC(=C(C)C)N1CCN(CCN=C(C)c2cccc(C(=O)N(C)C)c2NC=C)CC1. The molecule has 1 aliphatic rings. The van der Waals surface area contributed by atoms with Gasteiger partial charge in [-0.25, -0.2) is 0 Å². The number of nitrogens with one attached hydrogen (secondary N) is 1. The molecule has 1 fully saturated rings. The number of carbonyl (C=O) groups is 1. The van der Waals surface area contributed by atoms with Crippen LogP contribution in [0.4, 0.5) is 5.69 Å². The third kappa shape index (κ3) is 6.57. The van der Waals surface area contributed by atoms with Crippen molar-refractivity contribution in [2.45, 2.75) is 27.2 Å². The smallest absolute Gasteiger partial charge is 0.255 e. The minimum Gasteiger partial charge on any atom is -0.372 e. The quantitative estimate of drug-likeness (QED) is 0.439. The van der Waals surface area contributed by atoms with Crippen molar-refractivity contribution in [1.29, 1.82) is 0 Å². The first kappa shape index (κ1) is 25.4. The number of hydrogen-bond donors (Lipinski definition) is 1. The van der Waals surface area contributed by atoms with E-state index in [1.807, 2.05) is 31.2 Å². The van der Waals surface area contributed by atoms with E-state index in [4.69, 9.17) is 4.99 Å². The largest absolute Gasteiger partial charge is 0.372 e. The summed E-state index contributed by atoms with van der Waals surface area (Å²) in [4.78, 5) is 24.0. The summed E-state index contributed by atoms with van der Waals surface area (Å²) in [5, 5.41) is 3.14. The van der Waals surface area contributed by atoms with E-state index in [0.717, 1.165) is 62.7 Å². The molecule has 0 radical (unpaired) electrons. The number of carbonyl (C=O) groups excluding carboxylic acids is 1. The van der Waals surface area contributed by atoms with Crippen molar-refractivity contribution in [1.82, 2.24) is 14.7 Å². The fraction of sp³-hybridized carbons (Fsp3) is 0.462. The lowest BCUT2D eigenvalue weighted by atomic mass is 10.0. The molecule has 0 atom stereocenters. The fourth-order valence-corrected chi connectivity index (χ4v) is 4.00. The van der Waals surface area contributed by atoms with Gasteiger partial charge in [0.2, 0.25) is 0 Å². The summed E-state index contributed by atoms with van der Waals surface area (Å²) in [6.45, 7) is 19.9. The van der Waals surface area contributed by atoms with Crippen molar-refractivity contribution < 1.29 is 4.79 Å². The Balaban J connectivity index is 2.03. The summed E-state index contributed by atoms with van der Waals surface area (Å²) >= 11 is 0. The van der Waals surface area contributed by atoms with Gasteiger partial charge < -0.3 is 15.1 Å². The summed E-state index contributed by atoms with van der Waals surface area (Å²) in [7, 11) is 3.51. The van der Waals surface area contributed by atoms with Crippen molar-refractivity contribution >= 4 is 17.3 Å². The Morgan fingerprint density at radius 2 is 1.78 bits per heavy atom. The zero-order chi connectivity index (χ0) is 23.7. The van der Waals surface area contributed by atoms with Gasteiger partial charge in [0.1, 0.15) is 0 Å². The maximum absolute atomic E-state index is 12.6. The first-order chi connectivity index (χ1) is 15.3. The molecule has 1 aliphatic heterocycles. The second-order valence-corrected chi connectivity index (χ2v) is 8.51. The Labute approximate surface area is 194 Å². The molecule has 1 heterocycles.